The predicted molar refractivity (Wildman–Crippen MR) is 83.8 cm³/mol. The molecular formula is C13H8BrClN2O2S. The molecule has 3 aromatic rings. The number of ether oxygens (including phenoxy) is 1. The van der Waals surface area contributed by atoms with Crippen molar-refractivity contribution in [2.24, 2.45) is 0 Å². The molecule has 0 saturated carbocycles. The summed E-state index contributed by atoms with van der Waals surface area (Å²) in [6, 6.07) is 5.01. The first-order valence-electron chi connectivity index (χ1n) is 5.57. The molecule has 0 unspecified atom stereocenters. The zero-order valence-corrected chi connectivity index (χ0v) is 13.4. The van der Waals surface area contributed by atoms with Crippen LogP contribution in [-0.2, 0) is 0 Å². The second-order valence-corrected chi connectivity index (χ2v) is 6.03. The SMILES string of the molecule is COc1ccc2c(O)cc(-c3nc(Br)cs3)nc2c1Cl. The van der Waals surface area contributed by atoms with Gasteiger partial charge in [-0.1, -0.05) is 11.6 Å². The van der Waals surface area contributed by atoms with Crippen LogP contribution in [0.1, 0.15) is 0 Å². The molecule has 0 aliphatic rings. The van der Waals surface area contributed by atoms with Gasteiger partial charge in [-0.3, -0.25) is 0 Å². The van der Waals surface area contributed by atoms with Crippen LogP contribution in [0.2, 0.25) is 5.02 Å². The number of thiazole rings is 1. The lowest BCUT2D eigenvalue weighted by molar-refractivity contribution is 0.415. The smallest absolute Gasteiger partial charge is 0.143 e. The molecule has 102 valence electrons. The highest BCUT2D eigenvalue weighted by Crippen LogP contribution is 2.38. The number of aromatic hydroxyl groups is 1. The highest BCUT2D eigenvalue weighted by molar-refractivity contribution is 9.10. The highest BCUT2D eigenvalue weighted by Gasteiger charge is 2.14. The van der Waals surface area contributed by atoms with Crippen LogP contribution >= 0.6 is 38.9 Å². The van der Waals surface area contributed by atoms with Crippen molar-refractivity contribution in [1.29, 1.82) is 0 Å². The molecule has 2 heterocycles. The standard InChI is InChI=1S/C13H8BrClN2O2S/c1-19-9-3-2-6-8(18)4-7(16-12(6)11(9)15)13-17-10(14)5-20-13/h2-5H,1H3,(H,16,18). The Morgan fingerprint density at radius 3 is 2.80 bits per heavy atom. The molecule has 20 heavy (non-hydrogen) atoms. The number of benzene rings is 1. The van der Waals surface area contributed by atoms with E-state index < -0.39 is 0 Å². The van der Waals surface area contributed by atoms with Gasteiger partial charge in [0.25, 0.3) is 0 Å². The van der Waals surface area contributed by atoms with Gasteiger partial charge >= 0.3 is 0 Å². The van der Waals surface area contributed by atoms with Crippen molar-refractivity contribution in [3.05, 3.63) is 33.2 Å². The van der Waals surface area contributed by atoms with E-state index in [-0.39, 0.29) is 5.75 Å². The topological polar surface area (TPSA) is 55.2 Å². The molecule has 7 heteroatoms. The van der Waals surface area contributed by atoms with Crippen molar-refractivity contribution in [2.75, 3.05) is 7.11 Å². The summed E-state index contributed by atoms with van der Waals surface area (Å²) in [5, 5.41) is 13.6. The zero-order valence-electron chi connectivity index (χ0n) is 10.2. The minimum Gasteiger partial charge on any atom is -0.507 e. The van der Waals surface area contributed by atoms with Crippen molar-refractivity contribution >= 4 is 49.8 Å². The van der Waals surface area contributed by atoms with E-state index in [4.69, 9.17) is 16.3 Å². The number of hydrogen-bond donors (Lipinski definition) is 1. The molecule has 0 fully saturated rings. The molecule has 0 amide bonds. The van der Waals surface area contributed by atoms with Gasteiger partial charge < -0.3 is 9.84 Å². The highest BCUT2D eigenvalue weighted by atomic mass is 79.9. The van der Waals surface area contributed by atoms with Crippen LogP contribution in [-0.4, -0.2) is 22.2 Å². The number of fused-ring (bicyclic) bond motifs is 1. The summed E-state index contributed by atoms with van der Waals surface area (Å²) in [5.74, 6) is 0.629. The summed E-state index contributed by atoms with van der Waals surface area (Å²) in [4.78, 5) is 8.77. The van der Waals surface area contributed by atoms with E-state index in [2.05, 4.69) is 25.9 Å². The number of nitrogens with zero attached hydrogens (tertiary/aromatic N) is 2. The number of hydrogen-bond acceptors (Lipinski definition) is 5. The largest absolute Gasteiger partial charge is 0.507 e. The van der Waals surface area contributed by atoms with Gasteiger partial charge in [0.1, 0.15) is 31.8 Å². The molecule has 0 atom stereocenters. The Balaban J connectivity index is 2.29. The average molecular weight is 372 g/mol. The molecule has 0 bridgehead atoms. The lowest BCUT2D eigenvalue weighted by Crippen LogP contribution is -1.90. The third-order valence-corrected chi connectivity index (χ3v) is 4.72. The lowest BCUT2D eigenvalue weighted by Gasteiger charge is -2.08. The van der Waals surface area contributed by atoms with Crippen LogP contribution in [0.25, 0.3) is 21.6 Å². The molecule has 2 aromatic heterocycles. The fraction of sp³-hybridized carbons (Fsp3) is 0.0769. The van der Waals surface area contributed by atoms with Crippen LogP contribution < -0.4 is 4.74 Å². The van der Waals surface area contributed by atoms with E-state index in [0.717, 1.165) is 4.60 Å². The van der Waals surface area contributed by atoms with Gasteiger partial charge in [0, 0.05) is 16.8 Å². The minimum atomic E-state index is 0.112. The summed E-state index contributed by atoms with van der Waals surface area (Å²) in [6.07, 6.45) is 0. The van der Waals surface area contributed by atoms with Crippen LogP contribution in [0.3, 0.4) is 0 Å². The molecule has 0 radical (unpaired) electrons. The van der Waals surface area contributed by atoms with Crippen molar-refractivity contribution in [1.82, 2.24) is 9.97 Å². The normalized spacial score (nSPS) is 10.9. The molecular weight excluding hydrogens is 364 g/mol. The quantitative estimate of drug-likeness (QED) is 0.721. The molecule has 0 spiro atoms. The summed E-state index contributed by atoms with van der Waals surface area (Å²) in [5.41, 5.74) is 1.06. The maximum atomic E-state index is 10.1. The van der Waals surface area contributed by atoms with E-state index in [1.54, 1.807) is 18.2 Å². The summed E-state index contributed by atoms with van der Waals surface area (Å²) in [7, 11) is 1.54. The lowest BCUT2D eigenvalue weighted by atomic mass is 10.1. The molecule has 0 aliphatic heterocycles. The first-order valence-corrected chi connectivity index (χ1v) is 7.63. The maximum absolute atomic E-state index is 10.1. The Morgan fingerprint density at radius 2 is 2.15 bits per heavy atom. The monoisotopic (exact) mass is 370 g/mol. The third kappa shape index (κ3) is 2.24. The van der Waals surface area contributed by atoms with Crippen LogP contribution in [0.15, 0.2) is 28.2 Å². The van der Waals surface area contributed by atoms with Gasteiger partial charge in [0.2, 0.25) is 0 Å². The fourth-order valence-electron chi connectivity index (χ4n) is 1.86. The van der Waals surface area contributed by atoms with Crippen molar-refractivity contribution in [3.63, 3.8) is 0 Å². The Bertz CT molecular complexity index is 806. The molecule has 3 rings (SSSR count). The van der Waals surface area contributed by atoms with Gasteiger partial charge in [0.05, 0.1) is 12.6 Å². The summed E-state index contributed by atoms with van der Waals surface area (Å²) >= 11 is 11.0. The molecule has 0 saturated heterocycles. The fourth-order valence-corrected chi connectivity index (χ4v) is 3.36. The second kappa shape index (κ2) is 5.20. The summed E-state index contributed by atoms with van der Waals surface area (Å²) in [6.45, 7) is 0. The number of halogens is 2. The predicted octanol–water partition coefficient (Wildman–Crippen LogP) is 4.49. The van der Waals surface area contributed by atoms with Gasteiger partial charge in [0.15, 0.2) is 0 Å². The van der Waals surface area contributed by atoms with Crippen molar-refractivity contribution in [2.45, 2.75) is 0 Å². The number of aromatic nitrogens is 2. The summed E-state index contributed by atoms with van der Waals surface area (Å²) < 4.78 is 5.90. The van der Waals surface area contributed by atoms with E-state index in [1.165, 1.54) is 18.4 Å². The number of pyridine rings is 1. The van der Waals surface area contributed by atoms with Gasteiger partial charge in [-0.15, -0.1) is 11.3 Å². The molecule has 0 aliphatic carbocycles. The molecule has 1 aromatic carbocycles. The van der Waals surface area contributed by atoms with E-state index in [1.807, 2.05) is 5.38 Å². The van der Waals surface area contributed by atoms with Crippen molar-refractivity contribution < 1.29 is 9.84 Å². The Hall–Kier alpha value is -1.37. The van der Waals surface area contributed by atoms with E-state index >= 15 is 0 Å². The number of rotatable bonds is 2. The van der Waals surface area contributed by atoms with Crippen molar-refractivity contribution in [3.8, 4) is 22.2 Å². The first kappa shape index (κ1) is 13.6. The maximum Gasteiger partial charge on any atom is 0.143 e. The second-order valence-electron chi connectivity index (χ2n) is 3.98. The van der Waals surface area contributed by atoms with Gasteiger partial charge in [-0.25, -0.2) is 9.97 Å². The average Bonchev–Trinajstić information content (AvgIpc) is 2.86. The Labute approximate surface area is 132 Å². The Kier molecular flexibility index (Phi) is 3.54. The van der Waals surface area contributed by atoms with Crippen LogP contribution in [0, 0.1) is 0 Å². The van der Waals surface area contributed by atoms with Crippen LogP contribution in [0.5, 0.6) is 11.5 Å². The van der Waals surface area contributed by atoms with Gasteiger partial charge in [-0.05, 0) is 28.1 Å². The van der Waals surface area contributed by atoms with Gasteiger partial charge in [-0.2, -0.15) is 0 Å². The zero-order chi connectivity index (χ0) is 14.3. The minimum absolute atomic E-state index is 0.112. The number of methoxy groups -OCH3 is 1. The van der Waals surface area contributed by atoms with E-state index in [0.29, 0.717) is 32.4 Å². The van der Waals surface area contributed by atoms with Crippen LogP contribution in [0.4, 0.5) is 0 Å². The third-order valence-electron chi connectivity index (χ3n) is 2.78. The molecule has 4 nitrogen and oxygen atoms in total. The Morgan fingerprint density at radius 1 is 1.35 bits per heavy atom. The first-order chi connectivity index (χ1) is 9.60. The molecule has 1 N–H and O–H groups in total. The van der Waals surface area contributed by atoms with E-state index in [9.17, 15) is 5.11 Å².